The van der Waals surface area contributed by atoms with Crippen LogP contribution < -0.4 is 5.73 Å². The topological polar surface area (TPSA) is 43.1 Å². The van der Waals surface area contributed by atoms with Gasteiger partial charge >= 0.3 is 6.18 Å². The lowest BCUT2D eigenvalue weighted by molar-refractivity contribution is -0.130. The van der Waals surface area contributed by atoms with Crippen LogP contribution in [0.4, 0.5) is 13.2 Å². The lowest BCUT2D eigenvalue weighted by Crippen LogP contribution is -2.37. The maximum Gasteiger partial charge on any atom is 0.403 e. The highest BCUT2D eigenvalue weighted by atomic mass is 32.2. The first-order valence-corrected chi connectivity index (χ1v) is 6.97. The molecule has 0 aromatic carbocycles. The molecule has 2 N–H and O–H groups in total. The molecule has 0 amide bonds. The van der Waals surface area contributed by atoms with Crippen LogP contribution in [0.1, 0.15) is 32.1 Å². The predicted octanol–water partition coefficient (Wildman–Crippen LogP) is 2.21. The maximum absolute atomic E-state index is 12.6. The third kappa shape index (κ3) is 4.05. The molecule has 2 nitrogen and oxygen atoms in total. The summed E-state index contributed by atoms with van der Waals surface area (Å²) in [6.45, 7) is -0.0689. The van der Waals surface area contributed by atoms with Crippen LogP contribution in [0.2, 0.25) is 0 Å². The fourth-order valence-corrected chi connectivity index (χ4v) is 3.85. The Morgan fingerprint density at radius 2 is 1.88 bits per heavy atom. The number of hydrogen-bond donors (Lipinski definition) is 1. The van der Waals surface area contributed by atoms with Crippen molar-refractivity contribution in [1.29, 1.82) is 0 Å². The van der Waals surface area contributed by atoms with Gasteiger partial charge in [-0.25, -0.2) is 0 Å². The average molecular weight is 257 g/mol. The maximum atomic E-state index is 12.6. The first-order chi connectivity index (χ1) is 7.45. The van der Waals surface area contributed by atoms with E-state index >= 15 is 0 Å². The largest absolute Gasteiger partial charge is 0.403 e. The molecule has 0 spiro atoms. The second-order valence-corrected chi connectivity index (χ2v) is 5.97. The van der Waals surface area contributed by atoms with Crippen molar-refractivity contribution < 1.29 is 17.4 Å². The Morgan fingerprint density at radius 1 is 1.31 bits per heavy atom. The quantitative estimate of drug-likeness (QED) is 0.820. The van der Waals surface area contributed by atoms with E-state index in [1.807, 2.05) is 0 Å². The van der Waals surface area contributed by atoms with Gasteiger partial charge in [0.2, 0.25) is 0 Å². The summed E-state index contributed by atoms with van der Waals surface area (Å²) in [6, 6.07) is 0. The molecule has 0 saturated heterocycles. The molecule has 0 bridgehead atoms. The van der Waals surface area contributed by atoms with Crippen LogP contribution in [0.15, 0.2) is 0 Å². The van der Waals surface area contributed by atoms with Crippen LogP contribution in [0, 0.1) is 5.92 Å². The number of hydrogen-bond acceptors (Lipinski definition) is 2. The normalized spacial score (nSPS) is 22.2. The van der Waals surface area contributed by atoms with Crippen molar-refractivity contribution in [2.24, 2.45) is 11.7 Å². The Hall–Kier alpha value is -0.100. The molecule has 6 heteroatoms. The molecular formula is C10H18F3NOS. The van der Waals surface area contributed by atoms with Gasteiger partial charge < -0.3 is 5.73 Å². The summed E-state index contributed by atoms with van der Waals surface area (Å²) in [6.07, 6.45) is -0.686. The van der Waals surface area contributed by atoms with E-state index in [-0.39, 0.29) is 24.6 Å². The van der Waals surface area contributed by atoms with Gasteiger partial charge in [-0.15, -0.1) is 0 Å². The van der Waals surface area contributed by atoms with Crippen LogP contribution in [-0.4, -0.2) is 27.9 Å². The third-order valence-corrected chi connectivity index (χ3v) is 4.92. The summed E-state index contributed by atoms with van der Waals surface area (Å²) in [4.78, 5) is 0. The molecule has 96 valence electrons. The third-order valence-electron chi connectivity index (χ3n) is 2.99. The number of alkyl halides is 3. The van der Waals surface area contributed by atoms with Gasteiger partial charge in [-0.1, -0.05) is 12.8 Å². The van der Waals surface area contributed by atoms with Crippen molar-refractivity contribution in [1.82, 2.24) is 0 Å². The van der Waals surface area contributed by atoms with Crippen molar-refractivity contribution in [3.05, 3.63) is 0 Å². The Balaban J connectivity index is 2.52. The lowest BCUT2D eigenvalue weighted by Gasteiger charge is -2.20. The van der Waals surface area contributed by atoms with Gasteiger partial charge in [-0.2, -0.15) is 13.2 Å². The van der Waals surface area contributed by atoms with Crippen molar-refractivity contribution >= 4 is 10.8 Å². The van der Waals surface area contributed by atoms with E-state index in [2.05, 4.69) is 0 Å². The highest BCUT2D eigenvalue weighted by Gasteiger charge is 2.43. The zero-order valence-electron chi connectivity index (χ0n) is 9.13. The Bertz CT molecular complexity index is 239. The molecular weight excluding hydrogens is 239 g/mol. The summed E-state index contributed by atoms with van der Waals surface area (Å²) in [5, 5.41) is -1.74. The van der Waals surface area contributed by atoms with Gasteiger partial charge in [0, 0.05) is 16.6 Å². The molecule has 0 heterocycles. The monoisotopic (exact) mass is 257 g/mol. The molecule has 16 heavy (non-hydrogen) atoms. The molecule has 1 saturated carbocycles. The van der Waals surface area contributed by atoms with Crippen LogP contribution in [0.3, 0.4) is 0 Å². The number of nitrogens with two attached hydrogens (primary N) is 1. The molecule has 1 fully saturated rings. The molecule has 0 aliphatic heterocycles. The second kappa shape index (κ2) is 6.00. The van der Waals surface area contributed by atoms with E-state index in [4.69, 9.17) is 5.73 Å². The zero-order valence-corrected chi connectivity index (χ0v) is 9.95. The molecule has 0 aromatic heterocycles. The Kier molecular flexibility index (Phi) is 5.24. The summed E-state index contributed by atoms with van der Waals surface area (Å²) in [5.74, 6) is 0.396. The van der Waals surface area contributed by atoms with Crippen LogP contribution in [0.5, 0.6) is 0 Å². The van der Waals surface area contributed by atoms with Crippen LogP contribution in [-0.2, 0) is 10.8 Å². The highest BCUT2D eigenvalue weighted by molar-refractivity contribution is 7.85. The molecule has 1 aliphatic rings. The van der Waals surface area contributed by atoms with Crippen LogP contribution >= 0.6 is 0 Å². The first kappa shape index (κ1) is 14.0. The van der Waals surface area contributed by atoms with E-state index in [9.17, 15) is 17.4 Å². The van der Waals surface area contributed by atoms with Gasteiger partial charge in [-0.05, 0) is 31.7 Å². The van der Waals surface area contributed by atoms with Crippen molar-refractivity contribution in [2.45, 2.75) is 43.5 Å². The second-order valence-electron chi connectivity index (χ2n) is 4.31. The van der Waals surface area contributed by atoms with E-state index in [0.717, 1.165) is 25.7 Å². The van der Waals surface area contributed by atoms with E-state index < -0.39 is 22.2 Å². The fraction of sp³-hybridized carbons (Fsp3) is 1.00. The van der Waals surface area contributed by atoms with Gasteiger partial charge in [0.15, 0.2) is 0 Å². The summed E-state index contributed by atoms with van der Waals surface area (Å²) in [5.41, 5.74) is 5.14. The predicted molar refractivity (Wildman–Crippen MR) is 58.5 cm³/mol. The molecule has 2 atom stereocenters. The molecule has 0 radical (unpaired) electrons. The summed E-state index contributed by atoms with van der Waals surface area (Å²) in [7, 11) is -1.82. The van der Waals surface area contributed by atoms with E-state index in [1.54, 1.807) is 0 Å². The van der Waals surface area contributed by atoms with Crippen molar-refractivity contribution in [3.8, 4) is 0 Å². The SMILES string of the molecule is NCCC(S(=O)CC1CCCC1)C(F)(F)F. The minimum absolute atomic E-state index is 0.0689. The van der Waals surface area contributed by atoms with Crippen molar-refractivity contribution in [3.63, 3.8) is 0 Å². The molecule has 0 aromatic rings. The Morgan fingerprint density at radius 3 is 2.31 bits per heavy atom. The minimum Gasteiger partial charge on any atom is -0.330 e. The van der Waals surface area contributed by atoms with Gasteiger partial charge in [0.05, 0.1) is 0 Å². The van der Waals surface area contributed by atoms with Gasteiger partial charge in [-0.3, -0.25) is 4.21 Å². The van der Waals surface area contributed by atoms with Gasteiger partial charge in [0.25, 0.3) is 0 Å². The molecule has 2 unspecified atom stereocenters. The van der Waals surface area contributed by atoms with E-state index in [1.165, 1.54) is 0 Å². The molecule has 1 aliphatic carbocycles. The number of rotatable bonds is 5. The van der Waals surface area contributed by atoms with E-state index in [0.29, 0.717) is 0 Å². The highest BCUT2D eigenvalue weighted by Crippen LogP contribution is 2.31. The lowest BCUT2D eigenvalue weighted by atomic mass is 10.1. The van der Waals surface area contributed by atoms with Crippen LogP contribution in [0.25, 0.3) is 0 Å². The Labute approximate surface area is 96.2 Å². The van der Waals surface area contributed by atoms with Gasteiger partial charge in [0.1, 0.15) is 5.25 Å². The zero-order chi connectivity index (χ0) is 12.2. The summed E-state index contributed by atoms with van der Waals surface area (Å²) < 4.78 is 49.4. The first-order valence-electron chi connectivity index (χ1n) is 5.59. The average Bonchev–Trinajstić information content (AvgIpc) is 2.64. The minimum atomic E-state index is -4.39. The molecule has 1 rings (SSSR count). The fourth-order valence-electron chi connectivity index (χ4n) is 2.12. The number of halogens is 3. The summed E-state index contributed by atoms with van der Waals surface area (Å²) >= 11 is 0. The van der Waals surface area contributed by atoms with Crippen molar-refractivity contribution in [2.75, 3.05) is 12.3 Å². The standard InChI is InChI=1S/C10H18F3NOS/c11-10(12,13)9(5-6-14)16(15)7-8-3-1-2-4-8/h8-9H,1-7,14H2. The smallest absolute Gasteiger partial charge is 0.330 e.